The van der Waals surface area contributed by atoms with Crippen LogP contribution in [0.3, 0.4) is 0 Å². The topological polar surface area (TPSA) is 55.1 Å². The van der Waals surface area contributed by atoms with Crippen molar-refractivity contribution < 1.29 is 9.90 Å². The fourth-order valence-corrected chi connectivity index (χ4v) is 3.73. The molecule has 0 bridgehead atoms. The molecular weight excluding hydrogens is 240 g/mol. The van der Waals surface area contributed by atoms with Crippen LogP contribution in [0.25, 0.3) is 0 Å². The van der Waals surface area contributed by atoms with Crippen LogP contribution in [0.1, 0.15) is 85.8 Å². The van der Waals surface area contributed by atoms with E-state index in [0.29, 0.717) is 17.7 Å². The van der Waals surface area contributed by atoms with Crippen molar-refractivity contribution in [1.82, 2.24) is 9.55 Å². The molecule has 1 unspecified atom stereocenters. The Morgan fingerprint density at radius 3 is 2.63 bits per heavy atom. The van der Waals surface area contributed by atoms with Crippen LogP contribution >= 0.6 is 0 Å². The molecule has 0 radical (unpaired) electrons. The maximum atomic E-state index is 11.4. The Labute approximate surface area is 113 Å². The fourth-order valence-electron chi connectivity index (χ4n) is 3.73. The van der Waals surface area contributed by atoms with Gasteiger partial charge in [-0.05, 0) is 39.0 Å². The average molecular weight is 262 g/mol. The molecule has 19 heavy (non-hydrogen) atoms. The van der Waals surface area contributed by atoms with E-state index in [1.165, 1.54) is 32.1 Å². The van der Waals surface area contributed by atoms with Gasteiger partial charge in [0.25, 0.3) is 0 Å². The van der Waals surface area contributed by atoms with Gasteiger partial charge in [0.05, 0.1) is 5.69 Å². The van der Waals surface area contributed by atoms with Crippen LogP contribution in [0.2, 0.25) is 0 Å². The lowest BCUT2D eigenvalue weighted by atomic mass is 9.88. The number of carbonyl (C=O) groups is 1. The molecule has 0 amide bonds. The highest BCUT2D eigenvalue weighted by atomic mass is 16.4. The van der Waals surface area contributed by atoms with E-state index >= 15 is 0 Å². The molecule has 104 valence electrons. The Morgan fingerprint density at radius 1 is 1.21 bits per heavy atom. The number of nitrogens with zero attached hydrogens (tertiary/aromatic N) is 2. The second-order valence-electron chi connectivity index (χ2n) is 6.02. The third kappa shape index (κ3) is 2.17. The van der Waals surface area contributed by atoms with Crippen molar-refractivity contribution in [1.29, 1.82) is 0 Å². The largest absolute Gasteiger partial charge is 0.476 e. The molecule has 4 nitrogen and oxygen atoms in total. The molecule has 2 heterocycles. The van der Waals surface area contributed by atoms with Crippen LogP contribution in [-0.4, -0.2) is 20.6 Å². The first kappa shape index (κ1) is 12.7. The summed E-state index contributed by atoms with van der Waals surface area (Å²) >= 11 is 0. The lowest BCUT2D eigenvalue weighted by molar-refractivity contribution is 0.0689. The van der Waals surface area contributed by atoms with Crippen LogP contribution in [0, 0.1) is 0 Å². The monoisotopic (exact) mass is 262 g/mol. The van der Waals surface area contributed by atoms with E-state index < -0.39 is 5.97 Å². The minimum Gasteiger partial charge on any atom is -0.476 e. The molecule has 0 saturated heterocycles. The van der Waals surface area contributed by atoms with E-state index in [9.17, 15) is 9.90 Å². The van der Waals surface area contributed by atoms with Gasteiger partial charge >= 0.3 is 5.97 Å². The fraction of sp³-hybridized carbons (Fsp3) is 0.733. The minimum absolute atomic E-state index is 0.312. The predicted octanol–water partition coefficient (Wildman–Crippen LogP) is 3.53. The van der Waals surface area contributed by atoms with E-state index in [1.54, 1.807) is 0 Å². The van der Waals surface area contributed by atoms with Gasteiger partial charge in [0, 0.05) is 12.0 Å². The van der Waals surface area contributed by atoms with Crippen molar-refractivity contribution in [3.05, 3.63) is 17.2 Å². The molecule has 1 aromatic rings. The number of rotatable bonds is 2. The van der Waals surface area contributed by atoms with Crippen LogP contribution in [-0.2, 0) is 6.42 Å². The quantitative estimate of drug-likeness (QED) is 0.887. The first-order chi connectivity index (χ1) is 9.18. The zero-order chi connectivity index (χ0) is 13.4. The molecule has 2 aliphatic rings. The van der Waals surface area contributed by atoms with Gasteiger partial charge < -0.3 is 9.67 Å². The van der Waals surface area contributed by atoms with Crippen molar-refractivity contribution in [2.24, 2.45) is 0 Å². The number of carboxylic acid groups (broad SMARTS) is 1. The van der Waals surface area contributed by atoms with Gasteiger partial charge in [0.1, 0.15) is 5.82 Å². The number of fused-ring (bicyclic) bond motifs is 1. The molecule has 0 spiro atoms. The Hall–Kier alpha value is -1.32. The summed E-state index contributed by atoms with van der Waals surface area (Å²) in [6, 6.07) is 0.404. The lowest BCUT2D eigenvalue weighted by Crippen LogP contribution is -2.20. The molecule has 0 aromatic carbocycles. The summed E-state index contributed by atoms with van der Waals surface area (Å²) in [4.78, 5) is 15.9. The molecule has 4 heteroatoms. The van der Waals surface area contributed by atoms with Crippen molar-refractivity contribution >= 4 is 5.97 Å². The highest BCUT2D eigenvalue weighted by molar-refractivity contribution is 5.87. The number of carboxylic acids is 1. The molecule has 1 aliphatic carbocycles. The van der Waals surface area contributed by atoms with Crippen LogP contribution in [0.15, 0.2) is 0 Å². The van der Waals surface area contributed by atoms with Crippen LogP contribution in [0.5, 0.6) is 0 Å². The zero-order valence-corrected chi connectivity index (χ0v) is 11.6. The Balaban J connectivity index is 2.05. The molecular formula is C15H22N2O2. The SMILES string of the molecule is CC1CCCc2c(C(=O)O)nc(C3CCCCC3)n21. The molecule has 1 aromatic heterocycles. The molecule has 3 rings (SSSR count). The summed E-state index contributed by atoms with van der Waals surface area (Å²) in [6.07, 6.45) is 9.24. The first-order valence-corrected chi connectivity index (χ1v) is 7.52. The van der Waals surface area contributed by atoms with E-state index in [1.807, 2.05) is 0 Å². The molecule has 1 atom stereocenters. The number of imidazole rings is 1. The van der Waals surface area contributed by atoms with Crippen LogP contribution in [0.4, 0.5) is 0 Å². The maximum absolute atomic E-state index is 11.4. The highest BCUT2D eigenvalue weighted by Crippen LogP contribution is 2.37. The minimum atomic E-state index is -0.861. The number of hydrogen-bond acceptors (Lipinski definition) is 2. The average Bonchev–Trinajstić information content (AvgIpc) is 2.81. The number of aromatic nitrogens is 2. The third-order valence-electron chi connectivity index (χ3n) is 4.69. The van der Waals surface area contributed by atoms with Gasteiger partial charge in [-0.25, -0.2) is 9.78 Å². The first-order valence-electron chi connectivity index (χ1n) is 7.52. The summed E-state index contributed by atoms with van der Waals surface area (Å²) in [5, 5.41) is 9.36. The molecule has 1 aliphatic heterocycles. The van der Waals surface area contributed by atoms with Gasteiger partial charge in [0.2, 0.25) is 0 Å². The number of hydrogen-bond donors (Lipinski definition) is 1. The van der Waals surface area contributed by atoms with Crippen LogP contribution < -0.4 is 0 Å². The van der Waals surface area contributed by atoms with Gasteiger partial charge in [-0.1, -0.05) is 19.3 Å². The van der Waals surface area contributed by atoms with E-state index in [0.717, 1.165) is 30.8 Å². The third-order valence-corrected chi connectivity index (χ3v) is 4.69. The molecule has 1 fully saturated rings. The van der Waals surface area contributed by atoms with E-state index in [2.05, 4.69) is 16.5 Å². The second-order valence-corrected chi connectivity index (χ2v) is 6.02. The van der Waals surface area contributed by atoms with Crippen molar-refractivity contribution in [2.75, 3.05) is 0 Å². The predicted molar refractivity (Wildman–Crippen MR) is 72.7 cm³/mol. The van der Waals surface area contributed by atoms with E-state index in [4.69, 9.17) is 0 Å². The molecule has 1 N–H and O–H groups in total. The van der Waals surface area contributed by atoms with Gasteiger partial charge in [-0.2, -0.15) is 0 Å². The summed E-state index contributed by atoms with van der Waals surface area (Å²) < 4.78 is 2.25. The van der Waals surface area contributed by atoms with Crippen molar-refractivity contribution in [3.8, 4) is 0 Å². The lowest BCUT2D eigenvalue weighted by Gasteiger charge is -2.28. The second kappa shape index (κ2) is 4.99. The maximum Gasteiger partial charge on any atom is 0.356 e. The Morgan fingerprint density at radius 2 is 1.95 bits per heavy atom. The smallest absolute Gasteiger partial charge is 0.356 e. The van der Waals surface area contributed by atoms with Gasteiger partial charge in [-0.15, -0.1) is 0 Å². The summed E-state index contributed by atoms with van der Waals surface area (Å²) in [5.41, 5.74) is 1.28. The Bertz CT molecular complexity index is 487. The number of aromatic carboxylic acids is 1. The summed E-state index contributed by atoms with van der Waals surface area (Å²) in [6.45, 7) is 2.20. The Kier molecular flexibility index (Phi) is 3.33. The summed E-state index contributed by atoms with van der Waals surface area (Å²) in [7, 11) is 0. The summed E-state index contributed by atoms with van der Waals surface area (Å²) in [5.74, 6) is 0.667. The van der Waals surface area contributed by atoms with Gasteiger partial charge in [0.15, 0.2) is 5.69 Å². The molecule has 1 saturated carbocycles. The normalized spacial score (nSPS) is 24.2. The zero-order valence-electron chi connectivity index (χ0n) is 11.6. The van der Waals surface area contributed by atoms with E-state index in [-0.39, 0.29) is 0 Å². The standard InChI is InChI=1S/C15H22N2O2/c1-10-6-5-9-12-13(15(18)19)16-14(17(10)12)11-7-3-2-4-8-11/h10-11H,2-9H2,1H3,(H,18,19). The highest BCUT2D eigenvalue weighted by Gasteiger charge is 2.31. The van der Waals surface area contributed by atoms with Crippen molar-refractivity contribution in [3.63, 3.8) is 0 Å². The van der Waals surface area contributed by atoms with Crippen molar-refractivity contribution in [2.45, 2.75) is 70.3 Å². The van der Waals surface area contributed by atoms with Gasteiger partial charge in [-0.3, -0.25) is 0 Å².